The lowest BCUT2D eigenvalue weighted by molar-refractivity contribution is -0.255. The van der Waals surface area contributed by atoms with E-state index < -0.39 is 17.8 Å². The Labute approximate surface area is 132 Å². The number of carboxylic acids is 2. The van der Waals surface area contributed by atoms with E-state index in [2.05, 4.69) is 5.32 Å². The molecule has 6 nitrogen and oxygen atoms in total. The number of nitrogens with one attached hydrogen (secondary N) is 1. The molecule has 0 atom stereocenters. The van der Waals surface area contributed by atoms with Crippen molar-refractivity contribution in [3.05, 3.63) is 64.7 Å². The lowest BCUT2D eigenvalue weighted by Crippen LogP contribution is -2.26. The number of aromatic carboxylic acids is 2. The summed E-state index contributed by atoms with van der Waals surface area (Å²) in [5.41, 5.74) is 1.20. The zero-order valence-corrected chi connectivity index (χ0v) is 12.3. The van der Waals surface area contributed by atoms with E-state index in [9.17, 15) is 24.6 Å². The number of hydrogen-bond acceptors (Lipinski definition) is 5. The predicted octanol–water partition coefficient (Wildman–Crippen LogP) is -0.0968. The summed E-state index contributed by atoms with van der Waals surface area (Å²) >= 11 is 0. The van der Waals surface area contributed by atoms with Gasteiger partial charge < -0.3 is 25.1 Å². The number of carboxylic acid groups (broad SMARTS) is 2. The van der Waals surface area contributed by atoms with Crippen LogP contribution in [0.3, 0.4) is 0 Å². The maximum Gasteiger partial charge on any atom is 0.228 e. The van der Waals surface area contributed by atoms with Crippen LogP contribution in [0.4, 0.5) is 5.69 Å². The van der Waals surface area contributed by atoms with Gasteiger partial charge >= 0.3 is 0 Å². The highest BCUT2D eigenvalue weighted by molar-refractivity contribution is 5.98. The van der Waals surface area contributed by atoms with Gasteiger partial charge in [-0.3, -0.25) is 4.79 Å². The average molecular weight is 311 g/mol. The minimum atomic E-state index is -1.54. The zero-order valence-electron chi connectivity index (χ0n) is 12.3. The highest BCUT2D eigenvalue weighted by atomic mass is 16.4. The van der Waals surface area contributed by atoms with Crippen molar-refractivity contribution in [1.82, 2.24) is 0 Å². The smallest absolute Gasteiger partial charge is 0.228 e. The van der Waals surface area contributed by atoms with Crippen LogP contribution in [0.1, 0.15) is 31.8 Å². The number of hydrogen-bond donors (Lipinski definition) is 1. The normalized spacial score (nSPS) is 10.1. The van der Waals surface area contributed by atoms with Gasteiger partial charge in [-0.1, -0.05) is 29.8 Å². The Hall–Kier alpha value is -3.15. The van der Waals surface area contributed by atoms with Crippen LogP contribution >= 0.6 is 0 Å². The highest BCUT2D eigenvalue weighted by Crippen LogP contribution is 2.15. The van der Waals surface area contributed by atoms with E-state index in [0.717, 1.165) is 29.3 Å². The highest BCUT2D eigenvalue weighted by Gasteiger charge is 2.08. The lowest BCUT2D eigenvalue weighted by Gasteiger charge is -2.12. The predicted molar refractivity (Wildman–Crippen MR) is 78.6 cm³/mol. The first-order valence-electron chi connectivity index (χ1n) is 6.78. The van der Waals surface area contributed by atoms with Crippen LogP contribution in [0, 0.1) is 6.92 Å². The van der Waals surface area contributed by atoms with Gasteiger partial charge in [0.25, 0.3) is 0 Å². The van der Waals surface area contributed by atoms with Crippen LogP contribution in [0.5, 0.6) is 0 Å². The Bertz CT molecular complexity index is 733. The van der Waals surface area contributed by atoms with Crippen molar-refractivity contribution < 1.29 is 24.6 Å². The standard InChI is InChI=1S/C17H15NO5/c1-10-2-4-11(5-3-10)6-15(19)18-14-8-12(16(20)21)7-13(9-14)17(22)23/h2-5,7-9H,6H2,1H3,(H,18,19)(H,20,21)(H,22,23)/p-2. The van der Waals surface area contributed by atoms with Crippen molar-refractivity contribution >= 4 is 23.5 Å². The molecule has 0 aliphatic heterocycles. The molecule has 0 bridgehead atoms. The number of amides is 1. The number of carbonyl (C=O) groups excluding carboxylic acids is 3. The van der Waals surface area contributed by atoms with Crippen LogP contribution in [-0.4, -0.2) is 17.8 Å². The number of carbonyl (C=O) groups is 3. The number of benzene rings is 2. The molecule has 118 valence electrons. The fourth-order valence-electron chi connectivity index (χ4n) is 2.03. The van der Waals surface area contributed by atoms with Gasteiger partial charge in [0.15, 0.2) is 0 Å². The Morgan fingerprint density at radius 2 is 1.43 bits per heavy atom. The monoisotopic (exact) mass is 311 g/mol. The average Bonchev–Trinajstić information content (AvgIpc) is 2.49. The Balaban J connectivity index is 2.18. The summed E-state index contributed by atoms with van der Waals surface area (Å²) in [5.74, 6) is -3.47. The molecule has 2 aromatic rings. The minimum absolute atomic E-state index is 0.0583. The molecular weight excluding hydrogens is 298 g/mol. The van der Waals surface area contributed by atoms with Gasteiger partial charge in [-0.05, 0) is 41.8 Å². The molecular formula is C17H13NO5-2. The topological polar surface area (TPSA) is 109 Å². The third-order valence-electron chi connectivity index (χ3n) is 3.17. The molecule has 0 radical (unpaired) electrons. The molecule has 0 aliphatic carbocycles. The molecule has 0 saturated heterocycles. The summed E-state index contributed by atoms with van der Waals surface area (Å²) in [7, 11) is 0. The Kier molecular flexibility index (Phi) is 4.75. The third kappa shape index (κ3) is 4.41. The third-order valence-corrected chi connectivity index (χ3v) is 3.17. The molecule has 2 rings (SSSR count). The number of aryl methyl sites for hydroxylation is 1. The second kappa shape index (κ2) is 6.74. The number of rotatable bonds is 5. The second-order valence-corrected chi connectivity index (χ2v) is 5.08. The number of anilines is 1. The van der Waals surface area contributed by atoms with Crippen molar-refractivity contribution in [3.8, 4) is 0 Å². The molecule has 23 heavy (non-hydrogen) atoms. The van der Waals surface area contributed by atoms with Gasteiger partial charge in [0.1, 0.15) is 0 Å². The molecule has 2 aromatic carbocycles. The summed E-state index contributed by atoms with van der Waals surface area (Å²) in [6, 6.07) is 10.5. The van der Waals surface area contributed by atoms with Gasteiger partial charge in [0.2, 0.25) is 5.91 Å². The van der Waals surface area contributed by atoms with E-state index in [1.54, 1.807) is 12.1 Å². The van der Waals surface area contributed by atoms with Gasteiger partial charge in [-0.25, -0.2) is 0 Å². The Morgan fingerprint density at radius 3 is 1.91 bits per heavy atom. The minimum Gasteiger partial charge on any atom is -0.545 e. The fourth-order valence-corrected chi connectivity index (χ4v) is 2.03. The van der Waals surface area contributed by atoms with Crippen LogP contribution < -0.4 is 15.5 Å². The SMILES string of the molecule is Cc1ccc(CC(=O)Nc2cc(C(=O)[O-])cc(C(=O)[O-])c2)cc1. The van der Waals surface area contributed by atoms with Gasteiger partial charge in [-0.15, -0.1) is 0 Å². The Morgan fingerprint density at radius 1 is 0.913 bits per heavy atom. The first-order valence-corrected chi connectivity index (χ1v) is 6.78. The van der Waals surface area contributed by atoms with E-state index in [0.29, 0.717) is 0 Å². The molecule has 6 heteroatoms. The first-order chi connectivity index (χ1) is 10.8. The molecule has 1 N–H and O–H groups in total. The quantitative estimate of drug-likeness (QED) is 0.829. The fraction of sp³-hybridized carbons (Fsp3) is 0.118. The largest absolute Gasteiger partial charge is 0.545 e. The summed E-state index contributed by atoms with van der Waals surface area (Å²) in [5, 5.41) is 24.3. The van der Waals surface area contributed by atoms with Crippen molar-refractivity contribution in [1.29, 1.82) is 0 Å². The van der Waals surface area contributed by atoms with E-state index >= 15 is 0 Å². The molecule has 0 fully saturated rings. The molecule has 0 aliphatic rings. The summed E-state index contributed by atoms with van der Waals surface area (Å²) in [4.78, 5) is 33.8. The van der Waals surface area contributed by atoms with Crippen molar-refractivity contribution in [2.24, 2.45) is 0 Å². The molecule has 0 saturated carbocycles. The van der Waals surface area contributed by atoms with Gasteiger partial charge in [-0.2, -0.15) is 0 Å². The van der Waals surface area contributed by atoms with Crippen LogP contribution in [0.25, 0.3) is 0 Å². The van der Waals surface area contributed by atoms with Crippen molar-refractivity contribution in [2.45, 2.75) is 13.3 Å². The van der Waals surface area contributed by atoms with E-state index in [1.807, 2.05) is 19.1 Å². The lowest BCUT2D eigenvalue weighted by atomic mass is 10.1. The van der Waals surface area contributed by atoms with Crippen molar-refractivity contribution in [3.63, 3.8) is 0 Å². The van der Waals surface area contributed by atoms with Gasteiger partial charge in [0.05, 0.1) is 18.4 Å². The van der Waals surface area contributed by atoms with E-state index in [-0.39, 0.29) is 23.2 Å². The van der Waals surface area contributed by atoms with Crippen LogP contribution in [0.2, 0.25) is 0 Å². The molecule has 0 spiro atoms. The van der Waals surface area contributed by atoms with Crippen LogP contribution in [-0.2, 0) is 11.2 Å². The maximum absolute atomic E-state index is 12.0. The summed E-state index contributed by atoms with van der Waals surface area (Å²) < 4.78 is 0. The van der Waals surface area contributed by atoms with Gasteiger partial charge in [0, 0.05) is 5.69 Å². The molecule has 0 heterocycles. The zero-order chi connectivity index (χ0) is 17.0. The maximum atomic E-state index is 12.0. The summed E-state index contributed by atoms with van der Waals surface area (Å²) in [6.45, 7) is 1.93. The van der Waals surface area contributed by atoms with E-state index in [1.165, 1.54) is 0 Å². The molecule has 1 amide bonds. The summed E-state index contributed by atoms with van der Waals surface area (Å²) in [6.07, 6.45) is 0.0798. The van der Waals surface area contributed by atoms with E-state index in [4.69, 9.17) is 0 Å². The molecule has 0 unspecified atom stereocenters. The van der Waals surface area contributed by atoms with Crippen LogP contribution in [0.15, 0.2) is 42.5 Å². The first kappa shape index (κ1) is 16.2. The second-order valence-electron chi connectivity index (χ2n) is 5.08. The van der Waals surface area contributed by atoms with Crippen molar-refractivity contribution in [2.75, 3.05) is 5.32 Å². The molecule has 0 aromatic heterocycles.